The van der Waals surface area contributed by atoms with Crippen LogP contribution in [0.15, 0.2) is 66.7 Å². The van der Waals surface area contributed by atoms with Crippen molar-refractivity contribution in [1.82, 2.24) is 0 Å². The fourth-order valence-electron chi connectivity index (χ4n) is 4.04. The van der Waals surface area contributed by atoms with Crippen LogP contribution in [0.25, 0.3) is 16.8 Å². The standard InChI is InChI=1S/C27H28O3/c1-3-19-7-10-23-11-8-22(18-24(23)17-19)16-21-6-4-5-20(15-21)9-12-25(28)27(2)14-13-26(29)30-27/h4-12,15,17-18,25,28H,3,13-14,16H2,1-2H3/b12-9+/t25-,27+/m1/s1. The van der Waals surface area contributed by atoms with Gasteiger partial charge in [0.15, 0.2) is 0 Å². The highest BCUT2D eigenvalue weighted by atomic mass is 16.6. The second-order valence-electron chi connectivity index (χ2n) is 8.38. The molecule has 2 atom stereocenters. The molecule has 1 N–H and O–H groups in total. The number of esters is 1. The van der Waals surface area contributed by atoms with Crippen molar-refractivity contribution in [2.45, 2.75) is 51.2 Å². The van der Waals surface area contributed by atoms with Gasteiger partial charge in [-0.25, -0.2) is 0 Å². The van der Waals surface area contributed by atoms with Crippen molar-refractivity contribution in [3.63, 3.8) is 0 Å². The van der Waals surface area contributed by atoms with Crippen molar-refractivity contribution in [2.24, 2.45) is 0 Å². The first kappa shape index (κ1) is 20.4. The van der Waals surface area contributed by atoms with E-state index in [1.165, 1.54) is 27.5 Å². The van der Waals surface area contributed by atoms with E-state index in [1.54, 1.807) is 13.0 Å². The predicted molar refractivity (Wildman–Crippen MR) is 121 cm³/mol. The van der Waals surface area contributed by atoms with Crippen molar-refractivity contribution >= 4 is 22.8 Å². The highest BCUT2D eigenvalue weighted by Gasteiger charge is 2.40. The van der Waals surface area contributed by atoms with Crippen LogP contribution in [0.2, 0.25) is 0 Å². The van der Waals surface area contributed by atoms with E-state index < -0.39 is 11.7 Å². The van der Waals surface area contributed by atoms with Crippen LogP contribution in [-0.2, 0) is 22.4 Å². The molecule has 154 valence electrons. The Kier molecular flexibility index (Phi) is 5.74. The molecule has 0 saturated carbocycles. The van der Waals surface area contributed by atoms with E-state index in [0.29, 0.717) is 12.8 Å². The van der Waals surface area contributed by atoms with Gasteiger partial charge in [0, 0.05) is 12.8 Å². The lowest BCUT2D eigenvalue weighted by Gasteiger charge is -2.26. The molecule has 1 aliphatic rings. The SMILES string of the molecule is CCc1ccc2ccc(Cc3cccc(/C=C/[C@@H](O)[C@]4(C)CCC(=O)O4)c3)cc2c1. The molecule has 0 aromatic heterocycles. The molecule has 3 heteroatoms. The maximum Gasteiger partial charge on any atom is 0.306 e. The van der Waals surface area contributed by atoms with Gasteiger partial charge in [-0.2, -0.15) is 0 Å². The number of aliphatic hydroxyl groups is 1. The molecule has 1 aliphatic heterocycles. The summed E-state index contributed by atoms with van der Waals surface area (Å²) in [5.41, 5.74) is 4.05. The zero-order valence-electron chi connectivity index (χ0n) is 17.6. The minimum Gasteiger partial charge on any atom is -0.456 e. The van der Waals surface area contributed by atoms with Gasteiger partial charge in [-0.15, -0.1) is 0 Å². The Labute approximate surface area is 178 Å². The van der Waals surface area contributed by atoms with Crippen molar-refractivity contribution in [3.8, 4) is 0 Å². The lowest BCUT2D eigenvalue weighted by atomic mass is 9.94. The summed E-state index contributed by atoms with van der Waals surface area (Å²) in [4.78, 5) is 11.4. The van der Waals surface area contributed by atoms with Gasteiger partial charge >= 0.3 is 5.97 Å². The van der Waals surface area contributed by atoms with E-state index in [4.69, 9.17) is 4.74 Å². The molecule has 1 fully saturated rings. The number of carbonyl (C=O) groups excluding carboxylic acids is 1. The van der Waals surface area contributed by atoms with E-state index in [0.717, 1.165) is 18.4 Å². The van der Waals surface area contributed by atoms with E-state index >= 15 is 0 Å². The average Bonchev–Trinajstić information content (AvgIpc) is 3.11. The van der Waals surface area contributed by atoms with Crippen molar-refractivity contribution in [3.05, 3.63) is 89.0 Å². The molecular weight excluding hydrogens is 372 g/mol. The smallest absolute Gasteiger partial charge is 0.306 e. The van der Waals surface area contributed by atoms with Gasteiger partial charge in [-0.1, -0.05) is 79.7 Å². The Morgan fingerprint density at radius 1 is 1.03 bits per heavy atom. The van der Waals surface area contributed by atoms with Gasteiger partial charge in [0.1, 0.15) is 11.7 Å². The van der Waals surface area contributed by atoms with Crippen molar-refractivity contribution in [1.29, 1.82) is 0 Å². The molecule has 3 aromatic carbocycles. The number of hydrogen-bond acceptors (Lipinski definition) is 3. The van der Waals surface area contributed by atoms with Gasteiger partial charge in [-0.05, 0) is 52.8 Å². The van der Waals surface area contributed by atoms with E-state index in [-0.39, 0.29) is 5.97 Å². The molecule has 0 unspecified atom stereocenters. The van der Waals surface area contributed by atoms with Crippen LogP contribution in [0.3, 0.4) is 0 Å². The van der Waals surface area contributed by atoms with Gasteiger partial charge in [0.25, 0.3) is 0 Å². The summed E-state index contributed by atoms with van der Waals surface area (Å²) < 4.78 is 5.31. The molecule has 0 bridgehead atoms. The number of carbonyl (C=O) groups is 1. The zero-order valence-corrected chi connectivity index (χ0v) is 17.6. The number of fused-ring (bicyclic) bond motifs is 1. The number of benzene rings is 3. The predicted octanol–water partition coefficient (Wildman–Crippen LogP) is 5.46. The van der Waals surface area contributed by atoms with Crippen LogP contribution in [0, 0.1) is 0 Å². The highest BCUT2D eigenvalue weighted by Crippen LogP contribution is 2.30. The minimum atomic E-state index is -0.826. The molecule has 30 heavy (non-hydrogen) atoms. The highest BCUT2D eigenvalue weighted by molar-refractivity contribution is 5.84. The van der Waals surface area contributed by atoms with Gasteiger partial charge in [0.05, 0.1) is 0 Å². The molecule has 0 amide bonds. The molecule has 3 nitrogen and oxygen atoms in total. The molecule has 0 spiro atoms. The number of rotatable bonds is 6. The first-order chi connectivity index (χ1) is 14.4. The molecule has 0 aliphatic carbocycles. The summed E-state index contributed by atoms with van der Waals surface area (Å²) in [7, 11) is 0. The number of cyclic esters (lactones) is 1. The van der Waals surface area contributed by atoms with Crippen LogP contribution in [0.5, 0.6) is 0 Å². The maximum atomic E-state index is 11.4. The maximum absolute atomic E-state index is 11.4. The van der Waals surface area contributed by atoms with Gasteiger partial charge in [-0.3, -0.25) is 4.79 Å². The Morgan fingerprint density at radius 2 is 1.77 bits per heavy atom. The van der Waals surface area contributed by atoms with E-state index in [2.05, 4.69) is 55.5 Å². The molecule has 1 saturated heterocycles. The Balaban J connectivity index is 1.49. The second-order valence-corrected chi connectivity index (χ2v) is 8.38. The third kappa shape index (κ3) is 4.47. The van der Waals surface area contributed by atoms with Crippen LogP contribution < -0.4 is 0 Å². The first-order valence-corrected chi connectivity index (χ1v) is 10.6. The normalized spacial score (nSPS) is 20.0. The summed E-state index contributed by atoms with van der Waals surface area (Å²) in [6.07, 6.45) is 5.60. The summed E-state index contributed by atoms with van der Waals surface area (Å²) in [6, 6.07) is 21.6. The fourth-order valence-corrected chi connectivity index (χ4v) is 4.04. The number of ether oxygens (including phenoxy) is 1. The summed E-state index contributed by atoms with van der Waals surface area (Å²) >= 11 is 0. The lowest BCUT2D eigenvalue weighted by Crippen LogP contribution is -2.37. The molecule has 4 rings (SSSR count). The lowest BCUT2D eigenvalue weighted by molar-refractivity contribution is -0.153. The summed E-state index contributed by atoms with van der Waals surface area (Å²) in [5, 5.41) is 13.0. The van der Waals surface area contributed by atoms with Gasteiger partial charge in [0.2, 0.25) is 0 Å². The van der Waals surface area contributed by atoms with E-state index in [9.17, 15) is 9.90 Å². The largest absolute Gasteiger partial charge is 0.456 e. The van der Waals surface area contributed by atoms with Crippen molar-refractivity contribution < 1.29 is 14.6 Å². The van der Waals surface area contributed by atoms with Crippen molar-refractivity contribution in [2.75, 3.05) is 0 Å². The average molecular weight is 401 g/mol. The number of aliphatic hydroxyl groups excluding tert-OH is 1. The molecule has 3 aromatic rings. The number of aryl methyl sites for hydroxylation is 1. The fraction of sp³-hybridized carbons (Fsp3) is 0.296. The summed E-state index contributed by atoms with van der Waals surface area (Å²) in [5.74, 6) is -0.242. The number of hydrogen-bond donors (Lipinski definition) is 1. The van der Waals surface area contributed by atoms with Crippen LogP contribution in [0.4, 0.5) is 0 Å². The summed E-state index contributed by atoms with van der Waals surface area (Å²) in [6.45, 7) is 3.96. The van der Waals surface area contributed by atoms with Crippen LogP contribution >= 0.6 is 0 Å². The Bertz CT molecular complexity index is 1100. The minimum absolute atomic E-state index is 0.242. The van der Waals surface area contributed by atoms with E-state index in [1.807, 2.05) is 18.2 Å². The van der Waals surface area contributed by atoms with Crippen LogP contribution in [0.1, 0.15) is 48.9 Å². The molecule has 0 radical (unpaired) electrons. The third-order valence-electron chi connectivity index (χ3n) is 6.01. The topological polar surface area (TPSA) is 46.5 Å². The third-order valence-corrected chi connectivity index (χ3v) is 6.01. The Hall–Kier alpha value is -2.91. The second kappa shape index (κ2) is 8.45. The molecular formula is C27H28O3. The quantitative estimate of drug-likeness (QED) is 0.559. The first-order valence-electron chi connectivity index (χ1n) is 10.6. The van der Waals surface area contributed by atoms with Crippen LogP contribution in [-0.4, -0.2) is 22.8 Å². The zero-order chi connectivity index (χ0) is 21.1. The Morgan fingerprint density at radius 3 is 2.50 bits per heavy atom. The molecule has 1 heterocycles. The monoisotopic (exact) mass is 400 g/mol. The van der Waals surface area contributed by atoms with Gasteiger partial charge < -0.3 is 9.84 Å².